The molecule has 13 heteroatoms. The number of carbonyl (C=O) groups excluding carboxylic acids is 1. The van der Waals surface area contributed by atoms with Gasteiger partial charge >= 0.3 is 5.95 Å². The molecule has 1 aromatic carbocycles. The first-order chi connectivity index (χ1) is 15.3. The van der Waals surface area contributed by atoms with Crippen LogP contribution in [0.25, 0.3) is 0 Å². The van der Waals surface area contributed by atoms with Crippen molar-refractivity contribution < 1.29 is 9.72 Å². The van der Waals surface area contributed by atoms with E-state index in [1.807, 2.05) is 42.8 Å². The summed E-state index contributed by atoms with van der Waals surface area (Å²) in [6.45, 7) is 4.31. The summed E-state index contributed by atoms with van der Waals surface area (Å²) in [7, 11) is 0. The van der Waals surface area contributed by atoms with E-state index >= 15 is 0 Å². The van der Waals surface area contributed by atoms with Crippen LogP contribution in [0.15, 0.2) is 42.9 Å². The van der Waals surface area contributed by atoms with Crippen LogP contribution >= 0.6 is 11.6 Å². The van der Waals surface area contributed by atoms with Crippen LogP contribution < -0.4 is 5.32 Å². The van der Waals surface area contributed by atoms with Crippen LogP contribution in [0, 0.1) is 24.0 Å². The third kappa shape index (κ3) is 4.49. The number of halogens is 1. The lowest BCUT2D eigenvalue weighted by atomic mass is 10.2. The lowest BCUT2D eigenvalue weighted by Gasteiger charge is -2.07. The molecule has 0 aliphatic rings. The second kappa shape index (κ2) is 8.59. The fourth-order valence-electron chi connectivity index (χ4n) is 3.12. The van der Waals surface area contributed by atoms with Crippen LogP contribution in [0.5, 0.6) is 0 Å². The molecule has 12 nitrogen and oxygen atoms in total. The molecule has 0 spiro atoms. The zero-order chi connectivity index (χ0) is 22.8. The van der Waals surface area contributed by atoms with Gasteiger partial charge in [-0.3, -0.25) is 9.48 Å². The Kier molecular flexibility index (Phi) is 5.69. The van der Waals surface area contributed by atoms with Gasteiger partial charge in [0.25, 0.3) is 5.91 Å². The lowest BCUT2D eigenvalue weighted by molar-refractivity contribution is -0.394. The van der Waals surface area contributed by atoms with E-state index in [-0.39, 0.29) is 12.4 Å². The number of nitrogens with one attached hydrogen (secondary N) is 1. The van der Waals surface area contributed by atoms with E-state index in [2.05, 4.69) is 25.6 Å². The van der Waals surface area contributed by atoms with Gasteiger partial charge in [-0.05, 0) is 42.5 Å². The molecular formula is C19H18ClN9O3. The summed E-state index contributed by atoms with van der Waals surface area (Å²) in [5.41, 5.74) is 3.32. The van der Waals surface area contributed by atoms with E-state index in [4.69, 9.17) is 11.6 Å². The Hall–Kier alpha value is -4.06. The Labute approximate surface area is 186 Å². The Morgan fingerprint density at radius 1 is 1.12 bits per heavy atom. The average molecular weight is 456 g/mol. The molecule has 0 aliphatic carbocycles. The maximum absolute atomic E-state index is 12.7. The molecule has 1 N–H and O–H groups in total. The zero-order valence-corrected chi connectivity index (χ0v) is 17.9. The predicted octanol–water partition coefficient (Wildman–Crippen LogP) is 2.66. The van der Waals surface area contributed by atoms with Crippen LogP contribution in [0.2, 0.25) is 5.02 Å². The van der Waals surface area contributed by atoms with Crippen molar-refractivity contribution in [1.82, 2.24) is 34.3 Å². The molecule has 4 aromatic rings. The van der Waals surface area contributed by atoms with Crippen molar-refractivity contribution >= 4 is 29.1 Å². The fourth-order valence-corrected chi connectivity index (χ4v) is 3.24. The van der Waals surface area contributed by atoms with Crippen LogP contribution in [0.3, 0.4) is 0 Å². The maximum atomic E-state index is 12.7. The number of hydrogen-bond acceptors (Lipinski definition) is 7. The second-order valence-electron chi connectivity index (χ2n) is 7.01. The zero-order valence-electron chi connectivity index (χ0n) is 17.1. The number of anilines is 1. The monoisotopic (exact) mass is 455 g/mol. The first kappa shape index (κ1) is 21.2. The van der Waals surface area contributed by atoms with E-state index in [0.717, 1.165) is 11.3 Å². The largest absolute Gasteiger partial charge is 0.491 e. The minimum Gasteiger partial charge on any atom is -0.390 e. The number of aryl methyl sites for hydroxylation is 1. The molecule has 32 heavy (non-hydrogen) atoms. The Morgan fingerprint density at radius 3 is 2.56 bits per heavy atom. The Balaban J connectivity index is 1.45. The number of rotatable bonds is 7. The van der Waals surface area contributed by atoms with Gasteiger partial charge in [-0.15, -0.1) is 0 Å². The highest BCUT2D eigenvalue weighted by atomic mass is 35.5. The highest BCUT2D eigenvalue weighted by molar-refractivity contribution is 6.30. The fraction of sp³-hybridized carbons (Fsp3) is 0.211. The van der Waals surface area contributed by atoms with Crippen LogP contribution in [-0.2, 0) is 13.2 Å². The number of aromatic nitrogens is 7. The summed E-state index contributed by atoms with van der Waals surface area (Å²) in [5, 5.41) is 26.7. The van der Waals surface area contributed by atoms with Gasteiger partial charge in [0.05, 0.1) is 23.6 Å². The van der Waals surface area contributed by atoms with Crippen LogP contribution in [-0.4, -0.2) is 45.2 Å². The summed E-state index contributed by atoms with van der Waals surface area (Å²) in [4.78, 5) is 26.3. The Bertz CT molecular complexity index is 1290. The topological polar surface area (TPSA) is 139 Å². The van der Waals surface area contributed by atoms with E-state index in [1.54, 1.807) is 12.3 Å². The molecule has 3 heterocycles. The molecule has 1 amide bonds. The summed E-state index contributed by atoms with van der Waals surface area (Å²) < 4.78 is 4.49. The molecule has 0 unspecified atom stereocenters. The van der Waals surface area contributed by atoms with Crippen molar-refractivity contribution in [3.63, 3.8) is 0 Å². The van der Waals surface area contributed by atoms with Crippen molar-refractivity contribution in [1.29, 1.82) is 0 Å². The second-order valence-corrected chi connectivity index (χ2v) is 7.44. The normalized spacial score (nSPS) is 11.0. The van der Waals surface area contributed by atoms with Gasteiger partial charge in [0.15, 0.2) is 12.4 Å². The minimum absolute atomic E-state index is 0.0746. The Morgan fingerprint density at radius 2 is 1.88 bits per heavy atom. The lowest BCUT2D eigenvalue weighted by Crippen LogP contribution is -2.16. The first-order valence-electron chi connectivity index (χ1n) is 9.47. The SMILES string of the molecule is Cc1nn(Cc2ccc(Cl)cc2)c(C)c1NC(=O)c1ccn(Cn2cnc([N+](=O)[O-])n2)n1. The molecule has 164 valence electrons. The number of hydrogen-bond donors (Lipinski definition) is 1. The molecular weight excluding hydrogens is 438 g/mol. The molecule has 4 rings (SSSR count). The van der Waals surface area contributed by atoms with Crippen LogP contribution in [0.1, 0.15) is 27.4 Å². The molecule has 0 atom stereocenters. The molecule has 0 radical (unpaired) electrons. The molecule has 0 saturated heterocycles. The molecule has 0 aliphatic heterocycles. The standard InChI is InChI=1S/C19H18ClN9O3/c1-12-17(13(2)28(23-12)9-14-3-5-15(20)6-4-14)22-18(30)16-7-8-26(24-16)11-27-10-21-19(25-27)29(31)32/h3-8,10H,9,11H2,1-2H3,(H,22,30). The summed E-state index contributed by atoms with van der Waals surface area (Å²) >= 11 is 5.94. The molecule has 0 saturated carbocycles. The third-order valence-corrected chi connectivity index (χ3v) is 4.97. The van der Waals surface area contributed by atoms with Gasteiger partial charge in [0, 0.05) is 16.3 Å². The van der Waals surface area contributed by atoms with Crippen LogP contribution in [0.4, 0.5) is 11.6 Å². The van der Waals surface area contributed by atoms with Crippen molar-refractivity contribution in [3.05, 3.63) is 80.6 Å². The predicted molar refractivity (Wildman–Crippen MR) is 115 cm³/mol. The van der Waals surface area contributed by atoms with Gasteiger partial charge in [0.2, 0.25) is 6.33 Å². The molecule has 0 bridgehead atoms. The van der Waals surface area contributed by atoms with Crippen molar-refractivity contribution in [2.45, 2.75) is 27.1 Å². The van der Waals surface area contributed by atoms with E-state index in [1.165, 1.54) is 15.7 Å². The minimum atomic E-state index is -0.684. The number of nitro groups is 1. The quantitative estimate of drug-likeness (QED) is 0.334. The van der Waals surface area contributed by atoms with E-state index in [0.29, 0.717) is 22.9 Å². The number of benzene rings is 1. The van der Waals surface area contributed by atoms with Crippen molar-refractivity contribution in [2.24, 2.45) is 0 Å². The van der Waals surface area contributed by atoms with E-state index in [9.17, 15) is 14.9 Å². The highest BCUT2D eigenvalue weighted by Gasteiger charge is 2.18. The molecule has 0 fully saturated rings. The molecule has 3 aromatic heterocycles. The summed E-state index contributed by atoms with van der Waals surface area (Å²) in [5.74, 6) is -0.901. The van der Waals surface area contributed by atoms with Crippen molar-refractivity contribution in [2.75, 3.05) is 5.32 Å². The third-order valence-electron chi connectivity index (χ3n) is 4.72. The summed E-state index contributed by atoms with van der Waals surface area (Å²) in [6.07, 6.45) is 2.80. The first-order valence-corrected chi connectivity index (χ1v) is 9.85. The van der Waals surface area contributed by atoms with Gasteiger partial charge < -0.3 is 15.4 Å². The summed E-state index contributed by atoms with van der Waals surface area (Å²) in [6, 6.07) is 9.03. The van der Waals surface area contributed by atoms with Gasteiger partial charge in [0.1, 0.15) is 0 Å². The van der Waals surface area contributed by atoms with Crippen molar-refractivity contribution in [3.8, 4) is 0 Å². The number of nitrogens with zero attached hydrogens (tertiary/aromatic N) is 8. The average Bonchev–Trinajstić information content (AvgIpc) is 3.47. The number of amides is 1. The van der Waals surface area contributed by atoms with Gasteiger partial charge in [-0.1, -0.05) is 28.7 Å². The maximum Gasteiger partial charge on any atom is 0.491 e. The number of carbonyl (C=O) groups is 1. The van der Waals surface area contributed by atoms with Gasteiger partial charge in [-0.25, -0.2) is 4.68 Å². The van der Waals surface area contributed by atoms with E-state index < -0.39 is 16.8 Å². The highest BCUT2D eigenvalue weighted by Crippen LogP contribution is 2.21. The smallest absolute Gasteiger partial charge is 0.390 e. The van der Waals surface area contributed by atoms with Gasteiger partial charge in [-0.2, -0.15) is 14.9 Å².